The van der Waals surface area contributed by atoms with Crippen LogP contribution in [0.5, 0.6) is 5.88 Å². The molecule has 1 unspecified atom stereocenters. The number of aromatic nitrogens is 4. The minimum atomic E-state index is -3.44. The van der Waals surface area contributed by atoms with Crippen molar-refractivity contribution in [3.05, 3.63) is 47.6 Å². The van der Waals surface area contributed by atoms with Gasteiger partial charge in [0.2, 0.25) is 15.9 Å². The fourth-order valence-electron chi connectivity index (χ4n) is 3.95. The normalized spacial score (nSPS) is 18.2. The molecule has 3 N–H and O–H groups in total. The largest absolute Gasteiger partial charge is 0.477 e. The Balaban J connectivity index is 1.33. The van der Waals surface area contributed by atoms with Crippen LogP contribution < -0.4 is 14.8 Å². The van der Waals surface area contributed by atoms with Gasteiger partial charge in [-0.1, -0.05) is 0 Å². The highest BCUT2D eigenvalue weighted by Gasteiger charge is 2.36. The molecule has 4 heterocycles. The molecule has 3 aromatic heterocycles. The summed E-state index contributed by atoms with van der Waals surface area (Å²) in [6.07, 6.45) is 5.51. The number of nitrogens with one attached hydrogen (secondary N) is 2. The molecule has 3 aromatic rings. The quantitative estimate of drug-likeness (QED) is 0.288. The van der Waals surface area contributed by atoms with E-state index >= 15 is 0 Å². The number of likely N-dealkylation sites (tertiary alicyclic amines) is 1. The van der Waals surface area contributed by atoms with Crippen LogP contribution >= 0.6 is 11.3 Å². The Morgan fingerprint density at radius 3 is 2.81 bits per heavy atom. The number of halogens is 1. The topological polar surface area (TPSA) is 142 Å². The number of ether oxygens (including phenoxy) is 1. The first-order chi connectivity index (χ1) is 17.8. The van der Waals surface area contributed by atoms with Gasteiger partial charge in [0, 0.05) is 32.0 Å². The van der Waals surface area contributed by atoms with Gasteiger partial charge in [-0.2, -0.15) is 0 Å². The molecule has 14 heteroatoms. The van der Waals surface area contributed by atoms with E-state index in [1.54, 1.807) is 24.5 Å². The summed E-state index contributed by atoms with van der Waals surface area (Å²) in [4.78, 5) is 19.9. The maximum Gasteiger partial charge on any atom is 0.235 e. The van der Waals surface area contributed by atoms with Crippen LogP contribution in [0.25, 0.3) is 10.6 Å². The Labute approximate surface area is 218 Å². The van der Waals surface area contributed by atoms with Crippen molar-refractivity contribution >= 4 is 27.0 Å². The molecule has 1 aliphatic heterocycles. The van der Waals surface area contributed by atoms with Gasteiger partial charge in [-0.25, -0.2) is 22.8 Å². The van der Waals surface area contributed by atoms with Crippen LogP contribution in [0, 0.1) is 0 Å². The monoisotopic (exact) mass is 549 g/mol. The van der Waals surface area contributed by atoms with Gasteiger partial charge < -0.3 is 9.84 Å². The molecule has 5 rings (SSSR count). The number of rotatable bonds is 12. The predicted molar refractivity (Wildman–Crippen MR) is 136 cm³/mol. The lowest BCUT2D eigenvalue weighted by atomic mass is 10.1. The molecule has 11 nitrogen and oxygen atoms in total. The van der Waals surface area contributed by atoms with E-state index in [9.17, 15) is 17.9 Å². The SMILES string of the molecule is CCOc1cncc(-c2cnc(C(O)N[C@H](CN3CC(F)C3)c3cc(NS(=O)(=O)C4CC4)ccn3)s2)n1. The third kappa shape index (κ3) is 6.38. The summed E-state index contributed by atoms with van der Waals surface area (Å²) in [5.74, 6) is 0.401. The highest BCUT2D eigenvalue weighted by atomic mass is 32.2. The number of thiazole rings is 1. The van der Waals surface area contributed by atoms with E-state index in [-0.39, 0.29) is 5.25 Å². The maximum atomic E-state index is 13.5. The van der Waals surface area contributed by atoms with Gasteiger partial charge in [0.05, 0.1) is 46.6 Å². The van der Waals surface area contributed by atoms with E-state index < -0.39 is 28.5 Å². The first-order valence-corrected chi connectivity index (χ1v) is 14.4. The van der Waals surface area contributed by atoms with Crippen LogP contribution in [0.2, 0.25) is 0 Å². The van der Waals surface area contributed by atoms with Gasteiger partial charge in [-0.15, -0.1) is 11.3 Å². The molecule has 0 spiro atoms. The third-order valence-electron chi connectivity index (χ3n) is 5.99. The van der Waals surface area contributed by atoms with Gasteiger partial charge >= 0.3 is 0 Å². The van der Waals surface area contributed by atoms with Crippen LogP contribution in [-0.2, 0) is 10.0 Å². The van der Waals surface area contributed by atoms with Gasteiger partial charge in [-0.05, 0) is 31.9 Å². The molecule has 0 bridgehead atoms. The number of nitrogens with zero attached hydrogens (tertiary/aromatic N) is 5. The van der Waals surface area contributed by atoms with Crippen molar-refractivity contribution in [3.63, 3.8) is 0 Å². The van der Waals surface area contributed by atoms with Crippen molar-refractivity contribution < 1.29 is 22.7 Å². The lowest BCUT2D eigenvalue weighted by molar-refractivity contribution is 0.0430. The molecule has 1 saturated heterocycles. The van der Waals surface area contributed by atoms with E-state index in [4.69, 9.17) is 4.74 Å². The summed E-state index contributed by atoms with van der Waals surface area (Å²) < 4.78 is 46.3. The Morgan fingerprint density at radius 2 is 2.08 bits per heavy atom. The van der Waals surface area contributed by atoms with Crippen LogP contribution in [0.3, 0.4) is 0 Å². The van der Waals surface area contributed by atoms with Crippen molar-refractivity contribution in [2.75, 3.05) is 31.0 Å². The fraction of sp³-hybridized carbons (Fsp3) is 0.478. The zero-order valence-corrected chi connectivity index (χ0v) is 21.8. The van der Waals surface area contributed by atoms with Crippen molar-refractivity contribution in [1.29, 1.82) is 0 Å². The van der Waals surface area contributed by atoms with Crippen LogP contribution in [0.1, 0.15) is 42.7 Å². The van der Waals surface area contributed by atoms with E-state index in [0.717, 1.165) is 0 Å². The van der Waals surface area contributed by atoms with Gasteiger partial charge in [0.25, 0.3) is 0 Å². The first kappa shape index (κ1) is 25.9. The van der Waals surface area contributed by atoms with Crippen molar-refractivity contribution in [1.82, 2.24) is 30.2 Å². The molecule has 0 aromatic carbocycles. The highest BCUT2D eigenvalue weighted by Crippen LogP contribution is 2.31. The Morgan fingerprint density at radius 1 is 1.27 bits per heavy atom. The standard InChI is InChI=1S/C23H28FN7O4S2/c1-2-35-21-10-25-8-18(28-21)20-9-27-23(36-20)22(32)29-19(13-31-11-14(24)12-31)17-7-15(5-6-26-17)30-37(33,34)16-3-4-16/h5-10,14,16,19,22,29,32H,2-4,11-13H2,1H3,(H,26,30)/t19-,22?/m1/s1. The molecule has 1 aliphatic carbocycles. The number of hydrogen-bond acceptors (Lipinski definition) is 11. The number of alkyl halides is 1. The molecular weight excluding hydrogens is 521 g/mol. The average Bonchev–Trinajstić information content (AvgIpc) is 3.61. The average molecular weight is 550 g/mol. The van der Waals surface area contributed by atoms with Gasteiger partial charge in [-0.3, -0.25) is 24.9 Å². The smallest absolute Gasteiger partial charge is 0.235 e. The number of pyridine rings is 1. The number of sulfonamides is 1. The number of hydrogen-bond donors (Lipinski definition) is 3. The Bertz CT molecular complexity index is 1330. The number of aliphatic hydroxyl groups is 1. The molecule has 0 radical (unpaired) electrons. The number of aliphatic hydroxyl groups excluding tert-OH is 1. The second-order valence-electron chi connectivity index (χ2n) is 8.99. The second-order valence-corrected chi connectivity index (χ2v) is 12.0. The van der Waals surface area contributed by atoms with E-state index in [0.29, 0.717) is 71.9 Å². The fourth-order valence-corrected chi connectivity index (χ4v) is 6.15. The highest BCUT2D eigenvalue weighted by molar-refractivity contribution is 7.93. The van der Waals surface area contributed by atoms with Crippen molar-refractivity contribution in [3.8, 4) is 16.5 Å². The molecule has 2 atom stereocenters. The summed E-state index contributed by atoms with van der Waals surface area (Å²) >= 11 is 1.25. The Hall–Kier alpha value is -2.78. The van der Waals surface area contributed by atoms with Crippen molar-refractivity contribution in [2.45, 2.75) is 43.5 Å². The molecule has 2 aliphatic rings. The zero-order valence-electron chi connectivity index (χ0n) is 20.1. The summed E-state index contributed by atoms with van der Waals surface area (Å²) in [6, 6.07) is 2.71. The van der Waals surface area contributed by atoms with Gasteiger partial charge in [0.15, 0.2) is 6.23 Å². The minimum Gasteiger partial charge on any atom is -0.477 e. The minimum absolute atomic E-state index is 0.290. The molecule has 198 valence electrons. The molecule has 1 saturated carbocycles. The van der Waals surface area contributed by atoms with Gasteiger partial charge in [0.1, 0.15) is 16.9 Å². The molecular formula is C23H28FN7O4S2. The molecule has 2 fully saturated rings. The summed E-state index contributed by atoms with van der Waals surface area (Å²) in [7, 11) is -3.44. The maximum absolute atomic E-state index is 13.5. The van der Waals surface area contributed by atoms with Crippen LogP contribution in [-0.4, -0.2) is 76.0 Å². The number of anilines is 1. The lowest BCUT2D eigenvalue weighted by Crippen LogP contribution is -2.51. The summed E-state index contributed by atoms with van der Waals surface area (Å²) in [5, 5.41) is 14.2. The lowest BCUT2D eigenvalue weighted by Gasteiger charge is -2.37. The zero-order chi connectivity index (χ0) is 26.0. The van der Waals surface area contributed by atoms with E-state index in [2.05, 4.69) is 30.0 Å². The third-order valence-corrected chi connectivity index (χ3v) is 8.93. The summed E-state index contributed by atoms with van der Waals surface area (Å²) in [5.41, 5.74) is 1.49. The summed E-state index contributed by atoms with van der Waals surface area (Å²) in [6.45, 7) is 3.28. The second kappa shape index (κ2) is 10.9. The first-order valence-electron chi connectivity index (χ1n) is 12.0. The molecule has 0 amide bonds. The molecule has 37 heavy (non-hydrogen) atoms. The van der Waals surface area contributed by atoms with E-state index in [1.807, 2.05) is 11.8 Å². The Kier molecular flexibility index (Phi) is 7.62. The van der Waals surface area contributed by atoms with Crippen molar-refractivity contribution in [2.24, 2.45) is 0 Å². The van der Waals surface area contributed by atoms with Crippen LogP contribution in [0.4, 0.5) is 10.1 Å². The predicted octanol–water partition coefficient (Wildman–Crippen LogP) is 2.27. The van der Waals surface area contributed by atoms with E-state index in [1.165, 1.54) is 23.7 Å². The van der Waals surface area contributed by atoms with Crippen LogP contribution in [0.15, 0.2) is 36.9 Å².